The second-order valence-electron chi connectivity index (χ2n) is 5.42. The summed E-state index contributed by atoms with van der Waals surface area (Å²) in [6, 6.07) is 12.7. The van der Waals surface area contributed by atoms with Gasteiger partial charge in [0.2, 0.25) is 0 Å². The van der Waals surface area contributed by atoms with E-state index in [0.29, 0.717) is 33.9 Å². The van der Waals surface area contributed by atoms with Gasteiger partial charge in [0.25, 0.3) is 0 Å². The molecule has 1 saturated carbocycles. The quantitative estimate of drug-likeness (QED) is 0.829. The van der Waals surface area contributed by atoms with Gasteiger partial charge in [-0.25, -0.2) is 0 Å². The van der Waals surface area contributed by atoms with Crippen molar-refractivity contribution in [2.45, 2.75) is 25.4 Å². The van der Waals surface area contributed by atoms with E-state index in [1.807, 2.05) is 12.1 Å². The lowest BCUT2D eigenvalue weighted by Gasteiger charge is -2.12. The lowest BCUT2D eigenvalue weighted by molar-refractivity contribution is 0.151. The molecule has 110 valence electrons. The predicted molar refractivity (Wildman–Crippen MR) is 85.4 cm³/mol. The van der Waals surface area contributed by atoms with Gasteiger partial charge in [0.05, 0.1) is 6.10 Å². The van der Waals surface area contributed by atoms with Crippen LogP contribution in [0.15, 0.2) is 42.5 Å². The van der Waals surface area contributed by atoms with Crippen LogP contribution in [0.25, 0.3) is 0 Å². The summed E-state index contributed by atoms with van der Waals surface area (Å²) in [5.74, 6) is 1.83. The van der Waals surface area contributed by atoms with Crippen molar-refractivity contribution in [1.82, 2.24) is 0 Å². The van der Waals surface area contributed by atoms with Crippen molar-refractivity contribution in [3.05, 3.63) is 58.1 Å². The molecule has 3 rings (SSSR count). The zero-order chi connectivity index (χ0) is 14.8. The third-order valence-electron chi connectivity index (χ3n) is 3.67. The number of halogens is 2. The van der Waals surface area contributed by atoms with E-state index in [9.17, 15) is 5.11 Å². The Balaban J connectivity index is 1.69. The van der Waals surface area contributed by atoms with Gasteiger partial charge in [0.1, 0.15) is 11.5 Å². The molecule has 0 aromatic heterocycles. The highest BCUT2D eigenvalue weighted by Gasteiger charge is 2.29. The van der Waals surface area contributed by atoms with Crippen LogP contribution in [-0.4, -0.2) is 11.2 Å². The molecule has 2 aromatic rings. The molecule has 1 aliphatic rings. The molecule has 0 aliphatic heterocycles. The summed E-state index contributed by atoms with van der Waals surface area (Å²) >= 11 is 12.1. The van der Waals surface area contributed by atoms with Gasteiger partial charge in [-0.05, 0) is 60.7 Å². The molecule has 1 N–H and O–H groups in total. The van der Waals surface area contributed by atoms with Crippen molar-refractivity contribution >= 4 is 23.2 Å². The van der Waals surface area contributed by atoms with Crippen LogP contribution in [0.1, 0.15) is 18.4 Å². The molecule has 2 nitrogen and oxygen atoms in total. The van der Waals surface area contributed by atoms with Crippen LogP contribution in [0.3, 0.4) is 0 Å². The first-order chi connectivity index (χ1) is 10.1. The first kappa shape index (κ1) is 14.7. The number of aliphatic hydroxyl groups excluding tert-OH is 1. The minimum absolute atomic E-state index is 0.287. The Labute approximate surface area is 134 Å². The Hall–Kier alpha value is -1.22. The second-order valence-corrected chi connectivity index (χ2v) is 6.26. The van der Waals surface area contributed by atoms with Gasteiger partial charge in [-0.1, -0.05) is 29.3 Å². The summed E-state index contributed by atoms with van der Waals surface area (Å²) in [4.78, 5) is 0. The molecule has 0 heterocycles. The maximum Gasteiger partial charge on any atom is 0.128 e. The number of hydrogen-bond donors (Lipinski definition) is 1. The van der Waals surface area contributed by atoms with E-state index in [-0.39, 0.29) is 6.10 Å². The fourth-order valence-corrected chi connectivity index (χ4v) is 2.64. The summed E-state index contributed by atoms with van der Waals surface area (Å²) in [6.07, 6.45) is 2.56. The average molecular weight is 323 g/mol. The maximum atomic E-state index is 9.99. The summed E-state index contributed by atoms with van der Waals surface area (Å²) in [7, 11) is 0. The highest BCUT2D eigenvalue weighted by Crippen LogP contribution is 2.35. The molecule has 0 spiro atoms. The van der Waals surface area contributed by atoms with Crippen molar-refractivity contribution < 1.29 is 9.84 Å². The second kappa shape index (κ2) is 6.27. The van der Waals surface area contributed by atoms with Gasteiger partial charge < -0.3 is 9.84 Å². The molecule has 2 aromatic carbocycles. The molecule has 1 aliphatic carbocycles. The van der Waals surface area contributed by atoms with Crippen molar-refractivity contribution in [3.8, 4) is 11.5 Å². The zero-order valence-electron chi connectivity index (χ0n) is 11.4. The number of aliphatic hydroxyl groups is 1. The SMILES string of the molecule is OC(Cc1ccc(Oc2ccc(Cl)cc2)cc1Cl)C1CC1. The Kier molecular flexibility index (Phi) is 4.39. The Morgan fingerprint density at radius 3 is 2.33 bits per heavy atom. The van der Waals surface area contributed by atoms with Crippen molar-refractivity contribution in [2.24, 2.45) is 5.92 Å². The molecular weight excluding hydrogens is 307 g/mol. The van der Waals surface area contributed by atoms with E-state index < -0.39 is 0 Å². The van der Waals surface area contributed by atoms with E-state index in [4.69, 9.17) is 27.9 Å². The van der Waals surface area contributed by atoms with E-state index in [0.717, 1.165) is 18.4 Å². The van der Waals surface area contributed by atoms with Gasteiger partial charge in [-0.3, -0.25) is 0 Å². The first-order valence-corrected chi connectivity index (χ1v) is 7.77. The van der Waals surface area contributed by atoms with Crippen LogP contribution < -0.4 is 4.74 Å². The Morgan fingerprint density at radius 1 is 1.05 bits per heavy atom. The summed E-state index contributed by atoms with van der Waals surface area (Å²) < 4.78 is 5.73. The van der Waals surface area contributed by atoms with Gasteiger partial charge in [0, 0.05) is 16.5 Å². The largest absolute Gasteiger partial charge is 0.457 e. The molecule has 1 unspecified atom stereocenters. The van der Waals surface area contributed by atoms with Gasteiger partial charge in [-0.15, -0.1) is 0 Å². The van der Waals surface area contributed by atoms with Gasteiger partial charge >= 0.3 is 0 Å². The van der Waals surface area contributed by atoms with Crippen LogP contribution in [0.5, 0.6) is 11.5 Å². The summed E-state index contributed by atoms with van der Waals surface area (Å²) in [5, 5.41) is 11.3. The Morgan fingerprint density at radius 2 is 1.71 bits per heavy atom. The normalized spacial score (nSPS) is 15.8. The van der Waals surface area contributed by atoms with Crippen molar-refractivity contribution in [2.75, 3.05) is 0 Å². The van der Waals surface area contributed by atoms with Crippen molar-refractivity contribution in [1.29, 1.82) is 0 Å². The van der Waals surface area contributed by atoms with Crippen LogP contribution >= 0.6 is 23.2 Å². The number of hydrogen-bond acceptors (Lipinski definition) is 2. The van der Waals surface area contributed by atoms with Gasteiger partial charge in [-0.2, -0.15) is 0 Å². The monoisotopic (exact) mass is 322 g/mol. The molecule has 0 saturated heterocycles. The fraction of sp³-hybridized carbons (Fsp3) is 0.294. The highest BCUT2D eigenvalue weighted by atomic mass is 35.5. The number of benzene rings is 2. The topological polar surface area (TPSA) is 29.5 Å². The minimum Gasteiger partial charge on any atom is -0.457 e. The van der Waals surface area contributed by atoms with Crippen LogP contribution in [0.4, 0.5) is 0 Å². The smallest absolute Gasteiger partial charge is 0.128 e. The lowest BCUT2D eigenvalue weighted by atomic mass is 10.0. The van der Waals surface area contributed by atoms with Crippen LogP contribution in [0, 0.1) is 5.92 Å². The van der Waals surface area contributed by atoms with E-state index >= 15 is 0 Å². The first-order valence-electron chi connectivity index (χ1n) is 7.02. The highest BCUT2D eigenvalue weighted by molar-refractivity contribution is 6.31. The Bertz CT molecular complexity index is 621. The molecule has 0 radical (unpaired) electrons. The molecule has 21 heavy (non-hydrogen) atoms. The molecule has 4 heteroatoms. The summed E-state index contributed by atoms with van der Waals surface area (Å²) in [5.41, 5.74) is 0.958. The van der Waals surface area contributed by atoms with E-state index in [1.165, 1.54) is 0 Å². The molecular formula is C17H16Cl2O2. The fourth-order valence-electron chi connectivity index (χ4n) is 2.27. The lowest BCUT2D eigenvalue weighted by Crippen LogP contribution is -2.12. The number of ether oxygens (including phenoxy) is 1. The zero-order valence-corrected chi connectivity index (χ0v) is 12.9. The summed E-state index contributed by atoms with van der Waals surface area (Å²) in [6.45, 7) is 0. The molecule has 1 fully saturated rings. The predicted octanol–water partition coefficient (Wildman–Crippen LogP) is 5.10. The standard InChI is InChI=1S/C17H16Cl2O2/c18-13-4-7-14(8-5-13)21-15-6-3-12(16(19)10-15)9-17(20)11-1-2-11/h3-8,10-11,17,20H,1-2,9H2. The van der Waals surface area contributed by atoms with Crippen molar-refractivity contribution in [3.63, 3.8) is 0 Å². The average Bonchev–Trinajstić information content (AvgIpc) is 3.29. The van der Waals surface area contributed by atoms with Crippen LogP contribution in [0.2, 0.25) is 10.0 Å². The molecule has 0 bridgehead atoms. The van der Waals surface area contributed by atoms with Crippen LogP contribution in [-0.2, 0) is 6.42 Å². The van der Waals surface area contributed by atoms with E-state index in [1.54, 1.807) is 30.3 Å². The molecule has 0 amide bonds. The third kappa shape index (κ3) is 3.91. The van der Waals surface area contributed by atoms with Gasteiger partial charge in [0.15, 0.2) is 0 Å². The van der Waals surface area contributed by atoms with E-state index in [2.05, 4.69) is 0 Å². The minimum atomic E-state index is -0.287. The molecule has 1 atom stereocenters. The maximum absolute atomic E-state index is 9.99. The number of rotatable bonds is 5. The third-order valence-corrected chi connectivity index (χ3v) is 4.27.